The van der Waals surface area contributed by atoms with Gasteiger partial charge in [0.05, 0.1) is 23.8 Å². The van der Waals surface area contributed by atoms with Crippen LogP contribution < -0.4 is 15.8 Å². The lowest BCUT2D eigenvalue weighted by atomic mass is 9.94. The summed E-state index contributed by atoms with van der Waals surface area (Å²) in [4.78, 5) is 29.9. The van der Waals surface area contributed by atoms with Crippen molar-refractivity contribution < 1.29 is 23.8 Å². The third-order valence-electron chi connectivity index (χ3n) is 6.80. The molecule has 0 aliphatic carbocycles. The van der Waals surface area contributed by atoms with E-state index in [1.54, 1.807) is 19.4 Å². The van der Waals surface area contributed by atoms with Crippen LogP contribution in [-0.2, 0) is 16.1 Å². The number of hydrogen-bond donors (Lipinski definition) is 2. The number of hydrogen-bond acceptors (Lipinski definition) is 6. The number of ether oxygens (including phenoxy) is 3. The van der Waals surface area contributed by atoms with Gasteiger partial charge in [0.25, 0.3) is 0 Å². The molecule has 0 saturated carbocycles. The van der Waals surface area contributed by atoms with Crippen molar-refractivity contribution in [2.75, 3.05) is 25.6 Å². The molecule has 0 fully saturated rings. The van der Waals surface area contributed by atoms with E-state index in [1.165, 1.54) is 4.57 Å². The maximum atomic E-state index is 12.6. The van der Waals surface area contributed by atoms with Gasteiger partial charge in [-0.3, -0.25) is 14.9 Å². The molecule has 2 amide bonds. The molecule has 0 radical (unpaired) electrons. The van der Waals surface area contributed by atoms with E-state index in [2.05, 4.69) is 10.3 Å². The molecule has 9 heteroatoms. The highest BCUT2D eigenvalue weighted by Gasteiger charge is 2.22. The van der Waals surface area contributed by atoms with E-state index in [4.69, 9.17) is 19.9 Å². The average Bonchev–Trinajstić information content (AvgIpc) is 3.28. The topological polar surface area (TPSA) is 118 Å². The molecule has 0 atom stereocenters. The number of nitrogens with one attached hydrogen (secondary N) is 1. The summed E-state index contributed by atoms with van der Waals surface area (Å²) in [7, 11) is 1.61. The standard InChI is InChI=1S/C31H30N4O5/c1-19-23(10-7-11-25(19)34-31(37)40-18-21-8-5-4-6-9-21)28-20(2)33-17-27-29(28)24-13-12-22(39-15-14-38-3)16-26(24)35(27)30(32)36/h4-13,16-17H,14-15,18H2,1-3H3,(H2,32,36)(H,34,37). The molecule has 9 nitrogen and oxygen atoms in total. The van der Waals surface area contributed by atoms with Gasteiger partial charge in [-0.05, 0) is 48.7 Å². The molecular weight excluding hydrogens is 508 g/mol. The molecular formula is C31H30N4O5. The van der Waals surface area contributed by atoms with Crippen LogP contribution in [0.1, 0.15) is 16.8 Å². The number of carbonyl (C=O) groups excluding carboxylic acids is 2. The first-order chi connectivity index (χ1) is 19.4. The average molecular weight is 539 g/mol. The highest BCUT2D eigenvalue weighted by Crippen LogP contribution is 2.41. The number of rotatable bonds is 8. The number of aryl methyl sites for hydroxylation is 1. The molecule has 5 aromatic rings. The molecule has 0 bridgehead atoms. The maximum Gasteiger partial charge on any atom is 0.411 e. The highest BCUT2D eigenvalue weighted by atomic mass is 16.5. The fourth-order valence-electron chi connectivity index (χ4n) is 4.89. The molecule has 0 saturated heterocycles. The first-order valence-electron chi connectivity index (χ1n) is 12.8. The lowest BCUT2D eigenvalue weighted by molar-refractivity contribution is 0.146. The van der Waals surface area contributed by atoms with Gasteiger partial charge in [0, 0.05) is 40.9 Å². The van der Waals surface area contributed by atoms with Gasteiger partial charge in [-0.1, -0.05) is 42.5 Å². The predicted octanol–water partition coefficient (Wildman–Crippen LogP) is 6.17. The molecule has 3 N–H and O–H groups in total. The van der Waals surface area contributed by atoms with Crippen LogP contribution in [0.5, 0.6) is 5.75 Å². The quantitative estimate of drug-likeness (QED) is 0.228. The summed E-state index contributed by atoms with van der Waals surface area (Å²) >= 11 is 0. The summed E-state index contributed by atoms with van der Waals surface area (Å²) in [6.45, 7) is 4.82. The van der Waals surface area contributed by atoms with E-state index < -0.39 is 12.1 Å². The van der Waals surface area contributed by atoms with Crippen LogP contribution in [0.15, 0.2) is 72.9 Å². The largest absolute Gasteiger partial charge is 0.491 e. The van der Waals surface area contributed by atoms with Crippen LogP contribution in [-0.4, -0.2) is 42.0 Å². The SMILES string of the molecule is COCCOc1ccc2c3c(-c4cccc(NC(=O)OCc5ccccc5)c4C)c(C)ncc3n(C(N)=O)c2c1. The summed E-state index contributed by atoms with van der Waals surface area (Å²) in [6.07, 6.45) is 1.10. The van der Waals surface area contributed by atoms with Crippen LogP contribution >= 0.6 is 0 Å². The third kappa shape index (κ3) is 5.19. The van der Waals surface area contributed by atoms with Crippen molar-refractivity contribution in [1.29, 1.82) is 0 Å². The molecule has 0 unspecified atom stereocenters. The van der Waals surface area contributed by atoms with Crippen molar-refractivity contribution in [3.8, 4) is 16.9 Å². The van der Waals surface area contributed by atoms with Gasteiger partial charge in [0.2, 0.25) is 0 Å². The van der Waals surface area contributed by atoms with Gasteiger partial charge in [-0.15, -0.1) is 0 Å². The Labute approximate surface area is 231 Å². The summed E-state index contributed by atoms with van der Waals surface area (Å²) in [5.41, 5.74) is 11.8. The molecule has 204 valence electrons. The van der Waals surface area contributed by atoms with Crippen molar-refractivity contribution in [2.45, 2.75) is 20.5 Å². The molecule has 0 aliphatic heterocycles. The zero-order valence-corrected chi connectivity index (χ0v) is 22.6. The number of nitrogens with two attached hydrogens (primary N) is 1. The van der Waals surface area contributed by atoms with Crippen LogP contribution in [0.3, 0.4) is 0 Å². The third-order valence-corrected chi connectivity index (χ3v) is 6.80. The number of amides is 2. The van der Waals surface area contributed by atoms with Crippen molar-refractivity contribution in [3.63, 3.8) is 0 Å². The molecule has 2 aromatic heterocycles. The van der Waals surface area contributed by atoms with E-state index >= 15 is 0 Å². The lowest BCUT2D eigenvalue weighted by Crippen LogP contribution is -2.19. The molecule has 2 heterocycles. The molecule has 0 aliphatic rings. The minimum Gasteiger partial charge on any atom is -0.491 e. The number of aromatic nitrogens is 2. The number of benzene rings is 3. The van der Waals surface area contributed by atoms with Crippen LogP contribution in [0, 0.1) is 13.8 Å². The maximum absolute atomic E-state index is 12.6. The van der Waals surface area contributed by atoms with Crippen molar-refractivity contribution in [1.82, 2.24) is 9.55 Å². The Morgan fingerprint density at radius 1 is 0.975 bits per heavy atom. The van der Waals surface area contributed by atoms with Crippen molar-refractivity contribution in [2.24, 2.45) is 5.73 Å². The van der Waals surface area contributed by atoms with E-state index in [1.807, 2.05) is 74.5 Å². The highest BCUT2D eigenvalue weighted by molar-refractivity contribution is 6.19. The Bertz CT molecular complexity index is 1710. The summed E-state index contributed by atoms with van der Waals surface area (Å²) in [5.74, 6) is 0.595. The summed E-state index contributed by atoms with van der Waals surface area (Å²) in [5, 5.41) is 4.52. The molecule has 0 spiro atoms. The monoisotopic (exact) mass is 538 g/mol. The minimum absolute atomic E-state index is 0.164. The van der Waals surface area contributed by atoms with Gasteiger partial charge in [-0.25, -0.2) is 9.59 Å². The van der Waals surface area contributed by atoms with E-state index in [0.717, 1.165) is 38.7 Å². The van der Waals surface area contributed by atoms with E-state index in [-0.39, 0.29) is 6.61 Å². The molecule has 3 aromatic carbocycles. The number of carbonyl (C=O) groups is 2. The van der Waals surface area contributed by atoms with Gasteiger partial charge in [0.1, 0.15) is 19.0 Å². The number of fused-ring (bicyclic) bond motifs is 3. The summed E-state index contributed by atoms with van der Waals surface area (Å²) in [6, 6.07) is 20.1. The van der Waals surface area contributed by atoms with Crippen molar-refractivity contribution in [3.05, 3.63) is 89.7 Å². The smallest absolute Gasteiger partial charge is 0.411 e. The normalized spacial score (nSPS) is 11.1. The Kier molecular flexibility index (Phi) is 7.65. The van der Waals surface area contributed by atoms with Crippen LogP contribution in [0.2, 0.25) is 0 Å². The van der Waals surface area contributed by atoms with Crippen LogP contribution in [0.25, 0.3) is 32.9 Å². The van der Waals surface area contributed by atoms with Crippen molar-refractivity contribution >= 4 is 39.6 Å². The second kappa shape index (κ2) is 11.5. The molecule has 5 rings (SSSR count). The first-order valence-corrected chi connectivity index (χ1v) is 12.8. The Morgan fingerprint density at radius 2 is 1.77 bits per heavy atom. The Hall–Kier alpha value is -4.89. The Morgan fingerprint density at radius 3 is 2.52 bits per heavy atom. The minimum atomic E-state index is -0.626. The van der Waals surface area contributed by atoms with E-state index in [9.17, 15) is 9.59 Å². The fourth-order valence-corrected chi connectivity index (χ4v) is 4.89. The van der Waals surface area contributed by atoms with Gasteiger partial charge in [-0.2, -0.15) is 0 Å². The van der Waals surface area contributed by atoms with Crippen LogP contribution in [0.4, 0.5) is 15.3 Å². The number of primary amides is 1. The zero-order chi connectivity index (χ0) is 28.2. The number of pyridine rings is 1. The number of nitrogens with zero attached hydrogens (tertiary/aromatic N) is 2. The zero-order valence-electron chi connectivity index (χ0n) is 22.6. The lowest BCUT2D eigenvalue weighted by Gasteiger charge is -2.15. The fraction of sp³-hybridized carbons (Fsp3) is 0.194. The number of methoxy groups -OCH3 is 1. The summed E-state index contributed by atoms with van der Waals surface area (Å²) < 4.78 is 17.7. The van der Waals surface area contributed by atoms with Gasteiger partial charge < -0.3 is 19.9 Å². The first kappa shape index (κ1) is 26.7. The second-order valence-electron chi connectivity index (χ2n) is 9.34. The van der Waals surface area contributed by atoms with Gasteiger partial charge in [0.15, 0.2) is 0 Å². The predicted molar refractivity (Wildman–Crippen MR) is 155 cm³/mol. The number of anilines is 1. The second-order valence-corrected chi connectivity index (χ2v) is 9.34. The van der Waals surface area contributed by atoms with E-state index in [0.29, 0.717) is 35.7 Å². The van der Waals surface area contributed by atoms with Gasteiger partial charge >= 0.3 is 12.1 Å². The molecule has 40 heavy (non-hydrogen) atoms. The Balaban J connectivity index is 1.57.